The van der Waals surface area contributed by atoms with Gasteiger partial charge >= 0.3 is 5.97 Å². The fraction of sp³-hybridized carbons (Fsp3) is 0.474. The number of hydrogen-bond acceptors (Lipinski definition) is 6. The summed E-state index contributed by atoms with van der Waals surface area (Å²) in [4.78, 5) is 47.8. The topological polar surface area (TPSA) is 111 Å². The molecule has 2 amide bonds. The molecule has 0 saturated carbocycles. The number of benzene rings is 1. The highest BCUT2D eigenvalue weighted by atomic mass is 19.2. The molecule has 2 N–H and O–H groups in total. The molecule has 31 heavy (non-hydrogen) atoms. The molecule has 0 aromatic heterocycles. The number of methoxy groups -OCH3 is 1. The van der Waals surface area contributed by atoms with Crippen LogP contribution in [-0.2, 0) is 23.9 Å². The molecule has 0 radical (unpaired) electrons. The first-order chi connectivity index (χ1) is 14.4. The first kappa shape index (κ1) is 25.9. The van der Waals surface area contributed by atoms with Crippen molar-refractivity contribution in [2.24, 2.45) is 5.92 Å². The van der Waals surface area contributed by atoms with Gasteiger partial charge in [-0.15, -0.1) is 0 Å². The van der Waals surface area contributed by atoms with Crippen molar-refractivity contribution in [3.63, 3.8) is 0 Å². The van der Waals surface area contributed by atoms with Crippen LogP contribution in [0.3, 0.4) is 0 Å². The molecule has 2 unspecified atom stereocenters. The highest BCUT2D eigenvalue weighted by Crippen LogP contribution is 2.26. The monoisotopic (exact) mass is 450 g/mol. The normalized spacial score (nSPS) is 12.7. The Kier molecular flexibility index (Phi) is 9.41. The Hall–Kier alpha value is -3.18. The largest absolute Gasteiger partial charge is 0.479 e. The zero-order valence-electron chi connectivity index (χ0n) is 17.2. The molecular formula is C19H22F4N2O6. The molecule has 0 bridgehead atoms. The van der Waals surface area contributed by atoms with Gasteiger partial charge in [0.1, 0.15) is 18.7 Å². The molecule has 0 aliphatic carbocycles. The third-order valence-electron chi connectivity index (χ3n) is 4.04. The van der Waals surface area contributed by atoms with Crippen LogP contribution in [0.5, 0.6) is 5.75 Å². The van der Waals surface area contributed by atoms with E-state index in [-0.39, 0.29) is 6.07 Å². The molecule has 0 aliphatic rings. The Bertz CT molecular complexity index is 836. The van der Waals surface area contributed by atoms with Gasteiger partial charge < -0.3 is 20.1 Å². The molecule has 1 aromatic carbocycles. The molecule has 1 rings (SSSR count). The molecule has 8 nitrogen and oxygen atoms in total. The number of Topliss-reactive ketones (excluding diaryl/α,β-unsaturated/α-hetero) is 1. The van der Waals surface area contributed by atoms with E-state index in [0.29, 0.717) is 0 Å². The van der Waals surface area contributed by atoms with Crippen LogP contribution < -0.4 is 15.4 Å². The minimum absolute atomic E-state index is 0.0340. The van der Waals surface area contributed by atoms with Crippen LogP contribution in [0.4, 0.5) is 17.6 Å². The number of ketones is 1. The average Bonchev–Trinajstić information content (AvgIpc) is 2.69. The highest BCUT2D eigenvalue weighted by Gasteiger charge is 2.31. The number of halogens is 4. The van der Waals surface area contributed by atoms with Crippen LogP contribution in [0.1, 0.15) is 27.2 Å². The molecule has 0 spiro atoms. The van der Waals surface area contributed by atoms with Gasteiger partial charge in [-0.3, -0.25) is 19.2 Å². The zero-order valence-corrected chi connectivity index (χ0v) is 17.2. The molecular weight excluding hydrogens is 428 g/mol. The van der Waals surface area contributed by atoms with Crippen molar-refractivity contribution in [2.45, 2.75) is 39.3 Å². The van der Waals surface area contributed by atoms with E-state index in [1.807, 2.05) is 0 Å². The van der Waals surface area contributed by atoms with E-state index in [9.17, 15) is 36.7 Å². The van der Waals surface area contributed by atoms with Crippen LogP contribution >= 0.6 is 0 Å². The van der Waals surface area contributed by atoms with E-state index in [1.165, 1.54) is 6.92 Å². The van der Waals surface area contributed by atoms with Crippen molar-refractivity contribution in [1.82, 2.24) is 10.6 Å². The van der Waals surface area contributed by atoms with Gasteiger partial charge in [0.15, 0.2) is 23.2 Å². The van der Waals surface area contributed by atoms with Crippen molar-refractivity contribution in [3.05, 3.63) is 29.3 Å². The number of carbonyl (C=O) groups is 4. The van der Waals surface area contributed by atoms with Gasteiger partial charge in [0.25, 0.3) is 0 Å². The van der Waals surface area contributed by atoms with Gasteiger partial charge in [-0.05, 0) is 5.92 Å². The van der Waals surface area contributed by atoms with Gasteiger partial charge in [-0.25, -0.2) is 8.78 Å². The summed E-state index contributed by atoms with van der Waals surface area (Å²) >= 11 is 0. The van der Waals surface area contributed by atoms with Crippen molar-refractivity contribution >= 4 is 23.6 Å². The van der Waals surface area contributed by atoms with Crippen LogP contribution in [0.25, 0.3) is 0 Å². The summed E-state index contributed by atoms with van der Waals surface area (Å²) in [6, 6.07) is -2.66. The van der Waals surface area contributed by atoms with Gasteiger partial charge in [0.05, 0.1) is 13.5 Å². The summed E-state index contributed by atoms with van der Waals surface area (Å²) in [5.74, 6) is -12.3. The standard InChI is InChI=1S/C19H22F4N2O6/c1-8(2)17(24-9(3)26)19(29)25-12(6-14(28)30-4)13(27)7-31-18-15(22)10(20)5-11(21)16(18)23/h5,8,12,17H,6-7H2,1-4H3,(H,24,26)(H,25,29). The SMILES string of the molecule is COC(=O)CC(NC(=O)C(NC(C)=O)C(C)C)C(=O)COc1c(F)c(F)cc(F)c1F. The maximum absolute atomic E-state index is 13.7. The molecule has 1 aromatic rings. The van der Waals surface area contributed by atoms with Gasteiger partial charge in [-0.2, -0.15) is 8.78 Å². The lowest BCUT2D eigenvalue weighted by Crippen LogP contribution is -2.54. The van der Waals surface area contributed by atoms with Crippen molar-refractivity contribution in [2.75, 3.05) is 13.7 Å². The number of carbonyl (C=O) groups excluding carboxylic acids is 4. The second kappa shape index (κ2) is 11.3. The minimum atomic E-state index is -1.86. The summed E-state index contributed by atoms with van der Waals surface area (Å²) in [6.45, 7) is 3.27. The van der Waals surface area contributed by atoms with Gasteiger partial charge in [-0.1, -0.05) is 13.8 Å². The Morgan fingerprint density at radius 2 is 1.55 bits per heavy atom. The summed E-state index contributed by atoms with van der Waals surface area (Å²) < 4.78 is 62.9. The van der Waals surface area contributed by atoms with Crippen molar-refractivity contribution in [1.29, 1.82) is 0 Å². The highest BCUT2D eigenvalue weighted by molar-refractivity contribution is 5.95. The van der Waals surface area contributed by atoms with E-state index in [2.05, 4.69) is 20.1 Å². The lowest BCUT2D eigenvalue weighted by molar-refractivity contribution is -0.143. The Balaban J connectivity index is 3.03. The fourth-order valence-corrected chi connectivity index (χ4v) is 2.43. The lowest BCUT2D eigenvalue weighted by Gasteiger charge is -2.24. The number of ether oxygens (including phenoxy) is 2. The number of hydrogen-bond donors (Lipinski definition) is 2. The minimum Gasteiger partial charge on any atom is -0.479 e. The zero-order chi connectivity index (χ0) is 23.9. The molecule has 12 heteroatoms. The third-order valence-corrected chi connectivity index (χ3v) is 4.04. The number of amides is 2. The maximum Gasteiger partial charge on any atom is 0.308 e. The van der Waals surface area contributed by atoms with Crippen LogP contribution in [-0.4, -0.2) is 49.4 Å². The molecule has 172 valence electrons. The predicted octanol–water partition coefficient (Wildman–Crippen LogP) is 1.40. The van der Waals surface area contributed by atoms with E-state index < -0.39 is 83.6 Å². The van der Waals surface area contributed by atoms with E-state index in [0.717, 1.165) is 7.11 Å². The quantitative estimate of drug-likeness (QED) is 0.317. The Morgan fingerprint density at radius 1 is 1.00 bits per heavy atom. The molecule has 0 aliphatic heterocycles. The number of esters is 1. The molecule has 0 fully saturated rings. The smallest absolute Gasteiger partial charge is 0.308 e. The van der Waals surface area contributed by atoms with Crippen molar-refractivity contribution < 1.29 is 46.2 Å². The first-order valence-corrected chi connectivity index (χ1v) is 9.01. The first-order valence-electron chi connectivity index (χ1n) is 9.01. The van der Waals surface area contributed by atoms with Gasteiger partial charge in [0, 0.05) is 13.0 Å². The maximum atomic E-state index is 13.7. The third kappa shape index (κ3) is 7.23. The number of nitrogens with one attached hydrogen (secondary N) is 2. The summed E-state index contributed by atoms with van der Waals surface area (Å²) in [6.07, 6.45) is -0.669. The molecule has 2 atom stereocenters. The van der Waals surface area contributed by atoms with Crippen LogP contribution in [0.2, 0.25) is 0 Å². The average molecular weight is 450 g/mol. The fourth-order valence-electron chi connectivity index (χ4n) is 2.43. The molecule has 0 saturated heterocycles. The van der Waals surface area contributed by atoms with E-state index >= 15 is 0 Å². The second-order valence-corrected chi connectivity index (χ2v) is 6.82. The van der Waals surface area contributed by atoms with E-state index in [4.69, 9.17) is 0 Å². The van der Waals surface area contributed by atoms with Crippen molar-refractivity contribution in [3.8, 4) is 5.75 Å². The number of rotatable bonds is 10. The Labute approximate surface area is 175 Å². The predicted molar refractivity (Wildman–Crippen MR) is 97.8 cm³/mol. The van der Waals surface area contributed by atoms with Gasteiger partial charge in [0.2, 0.25) is 23.4 Å². The van der Waals surface area contributed by atoms with E-state index in [1.54, 1.807) is 13.8 Å². The summed E-state index contributed by atoms with van der Waals surface area (Å²) in [5.41, 5.74) is 0. The Morgan fingerprint density at radius 3 is 2.00 bits per heavy atom. The lowest BCUT2D eigenvalue weighted by atomic mass is 10.0. The van der Waals surface area contributed by atoms with Crippen LogP contribution in [0.15, 0.2) is 6.07 Å². The molecule has 0 heterocycles. The van der Waals surface area contributed by atoms with Crippen LogP contribution in [0, 0.1) is 29.2 Å². The summed E-state index contributed by atoms with van der Waals surface area (Å²) in [5, 5.41) is 4.62. The second-order valence-electron chi connectivity index (χ2n) is 6.82. The summed E-state index contributed by atoms with van der Waals surface area (Å²) in [7, 11) is 1.02.